The van der Waals surface area contributed by atoms with Crippen molar-refractivity contribution in [2.24, 2.45) is 11.5 Å². The van der Waals surface area contributed by atoms with Crippen LogP contribution in [-0.4, -0.2) is 21.0 Å². The number of rotatable bonds is 4. The van der Waals surface area contributed by atoms with E-state index in [9.17, 15) is 18.0 Å². The third kappa shape index (κ3) is 5.84. The Labute approximate surface area is 170 Å². The molecule has 0 aliphatic carbocycles. The van der Waals surface area contributed by atoms with Crippen LogP contribution in [-0.2, 0) is 11.0 Å². The number of aryl methyl sites for hydroxylation is 1. The molecule has 2 heterocycles. The normalized spacial score (nSPS) is 12.3. The first-order valence-electron chi connectivity index (χ1n) is 8.71. The number of hydrogen-bond acceptors (Lipinski definition) is 5. The molecular formula is C20H21F3N6O. The maximum absolute atomic E-state index is 13.0. The van der Waals surface area contributed by atoms with Crippen LogP contribution in [0.3, 0.4) is 0 Å². The number of carbonyl (C=O) groups is 1. The molecule has 30 heavy (non-hydrogen) atoms. The second kappa shape index (κ2) is 9.59. The Morgan fingerprint density at radius 2 is 1.83 bits per heavy atom. The van der Waals surface area contributed by atoms with Gasteiger partial charge >= 0.3 is 6.18 Å². The van der Waals surface area contributed by atoms with Crippen LogP contribution in [0.15, 0.2) is 66.3 Å². The van der Waals surface area contributed by atoms with E-state index < -0.39 is 11.7 Å². The summed E-state index contributed by atoms with van der Waals surface area (Å²) in [7, 11) is 0. The molecule has 3 aromatic rings. The van der Waals surface area contributed by atoms with Crippen molar-refractivity contribution in [1.82, 2.24) is 19.9 Å². The van der Waals surface area contributed by atoms with Crippen molar-refractivity contribution < 1.29 is 18.0 Å². The molecule has 0 unspecified atom stereocenters. The topological polar surface area (TPSA) is 111 Å². The standard InChI is InChI=1S/C14H10F3N3.C6H11N3O/c1-9-8-18-13-7-6-12(19-20(9)13)10-4-2-3-5-11(10)14(15,16)17;1-5(7)2-3-6(8)9-4-10/h2-8H,1H3;2-4H,7-8H2,1H3,(H,9,10)/b;5-2-,6-3+. The number of nitrogens with one attached hydrogen (secondary N) is 1. The molecule has 1 amide bonds. The quantitative estimate of drug-likeness (QED) is 0.445. The zero-order chi connectivity index (χ0) is 22.3. The molecule has 0 fully saturated rings. The number of fused-ring (bicyclic) bond motifs is 1. The molecule has 7 nitrogen and oxygen atoms in total. The van der Waals surface area contributed by atoms with E-state index in [0.717, 1.165) is 11.8 Å². The number of nitrogens with zero attached hydrogens (tertiary/aromatic N) is 3. The van der Waals surface area contributed by atoms with Crippen molar-refractivity contribution in [3.8, 4) is 11.3 Å². The van der Waals surface area contributed by atoms with Gasteiger partial charge in [0.2, 0.25) is 6.41 Å². The van der Waals surface area contributed by atoms with Crippen molar-refractivity contribution in [3.05, 3.63) is 77.5 Å². The molecule has 0 bridgehead atoms. The fourth-order valence-corrected chi connectivity index (χ4v) is 2.42. The van der Waals surface area contributed by atoms with Gasteiger partial charge in [0.15, 0.2) is 5.65 Å². The van der Waals surface area contributed by atoms with Crippen LogP contribution in [0.1, 0.15) is 18.2 Å². The molecule has 0 atom stereocenters. The predicted molar refractivity (Wildman–Crippen MR) is 108 cm³/mol. The van der Waals surface area contributed by atoms with Crippen LogP contribution in [0.2, 0.25) is 0 Å². The molecule has 1 aromatic carbocycles. The van der Waals surface area contributed by atoms with E-state index in [1.54, 1.807) is 44.3 Å². The van der Waals surface area contributed by atoms with Gasteiger partial charge in [-0.25, -0.2) is 9.50 Å². The number of amides is 1. The smallest absolute Gasteiger partial charge is 0.402 e. The Hall–Kier alpha value is -3.82. The first kappa shape index (κ1) is 22.5. The lowest BCUT2D eigenvalue weighted by atomic mass is 10.0. The zero-order valence-electron chi connectivity index (χ0n) is 16.3. The van der Waals surface area contributed by atoms with Crippen LogP contribution in [0.4, 0.5) is 13.2 Å². The summed E-state index contributed by atoms with van der Waals surface area (Å²) in [6, 6.07) is 8.62. The van der Waals surface area contributed by atoms with Crippen molar-refractivity contribution in [2.45, 2.75) is 20.0 Å². The Balaban J connectivity index is 0.000000274. The summed E-state index contributed by atoms with van der Waals surface area (Å²) in [4.78, 5) is 13.9. The van der Waals surface area contributed by atoms with Gasteiger partial charge in [0.05, 0.1) is 23.1 Å². The Morgan fingerprint density at radius 1 is 1.13 bits per heavy atom. The van der Waals surface area contributed by atoms with Crippen LogP contribution in [0, 0.1) is 6.92 Å². The summed E-state index contributed by atoms with van der Waals surface area (Å²) in [5, 5.41) is 6.49. The average Bonchev–Trinajstić information content (AvgIpc) is 3.07. The van der Waals surface area contributed by atoms with Crippen LogP contribution < -0.4 is 16.8 Å². The van der Waals surface area contributed by atoms with Crippen LogP contribution in [0.5, 0.6) is 0 Å². The minimum atomic E-state index is -4.41. The molecule has 0 saturated carbocycles. The number of aromatic nitrogens is 3. The molecule has 0 aliphatic rings. The molecule has 158 valence electrons. The number of hydrogen-bond donors (Lipinski definition) is 3. The predicted octanol–water partition coefficient (Wildman–Crippen LogP) is 3.12. The highest BCUT2D eigenvalue weighted by Gasteiger charge is 2.33. The van der Waals surface area contributed by atoms with Crippen molar-refractivity contribution in [1.29, 1.82) is 0 Å². The van der Waals surface area contributed by atoms with Crippen molar-refractivity contribution in [2.75, 3.05) is 0 Å². The number of halogens is 3. The lowest BCUT2D eigenvalue weighted by Gasteiger charge is -2.12. The monoisotopic (exact) mass is 418 g/mol. The van der Waals surface area contributed by atoms with Gasteiger partial charge in [-0.15, -0.1) is 0 Å². The molecule has 3 rings (SSSR count). The summed E-state index contributed by atoms with van der Waals surface area (Å²) in [6.07, 6.45) is 0.847. The van der Waals surface area contributed by atoms with Crippen LogP contribution >= 0.6 is 0 Å². The van der Waals surface area contributed by atoms with Gasteiger partial charge in [-0.2, -0.15) is 18.3 Å². The maximum Gasteiger partial charge on any atom is 0.417 e. The van der Waals surface area contributed by atoms with Gasteiger partial charge < -0.3 is 16.8 Å². The molecule has 2 aromatic heterocycles. The minimum absolute atomic E-state index is 0.0648. The number of imidazole rings is 1. The number of alkyl halides is 3. The summed E-state index contributed by atoms with van der Waals surface area (Å²) < 4.78 is 40.6. The molecule has 10 heteroatoms. The van der Waals surface area contributed by atoms with E-state index in [1.165, 1.54) is 22.7 Å². The molecule has 5 N–H and O–H groups in total. The fourth-order valence-electron chi connectivity index (χ4n) is 2.42. The second-order valence-electron chi connectivity index (χ2n) is 6.23. The van der Waals surface area contributed by atoms with E-state index in [1.807, 2.05) is 0 Å². The second-order valence-corrected chi connectivity index (χ2v) is 6.23. The molecule has 0 radical (unpaired) electrons. The van der Waals surface area contributed by atoms with E-state index >= 15 is 0 Å². The fraction of sp³-hybridized carbons (Fsp3) is 0.150. The maximum atomic E-state index is 13.0. The average molecular weight is 418 g/mol. The lowest BCUT2D eigenvalue weighted by molar-refractivity contribution is -0.137. The largest absolute Gasteiger partial charge is 0.417 e. The number of allylic oxidation sites excluding steroid dienone is 3. The first-order chi connectivity index (χ1) is 14.1. The SMILES string of the molecule is C/C(N)=C/C=C(\N)NC=O.Cc1cnc2ccc(-c3ccccc3C(F)(F)F)nn12. The van der Waals surface area contributed by atoms with Gasteiger partial charge in [0.1, 0.15) is 5.82 Å². The summed E-state index contributed by atoms with van der Waals surface area (Å²) in [5.74, 6) is 0.278. The van der Waals surface area contributed by atoms with Gasteiger partial charge in [0.25, 0.3) is 0 Å². The first-order valence-corrected chi connectivity index (χ1v) is 8.71. The number of benzene rings is 1. The minimum Gasteiger partial charge on any atom is -0.402 e. The highest BCUT2D eigenvalue weighted by atomic mass is 19.4. The van der Waals surface area contributed by atoms with Gasteiger partial charge in [-0.1, -0.05) is 18.2 Å². The molecule has 0 saturated heterocycles. The highest BCUT2D eigenvalue weighted by molar-refractivity contribution is 5.65. The zero-order valence-corrected chi connectivity index (χ0v) is 16.3. The van der Waals surface area contributed by atoms with E-state index in [0.29, 0.717) is 17.8 Å². The Morgan fingerprint density at radius 3 is 2.47 bits per heavy atom. The number of carbonyl (C=O) groups excluding carboxylic acids is 1. The lowest BCUT2D eigenvalue weighted by Crippen LogP contribution is -2.17. The van der Waals surface area contributed by atoms with Crippen molar-refractivity contribution in [3.63, 3.8) is 0 Å². The molecular weight excluding hydrogens is 397 g/mol. The van der Waals surface area contributed by atoms with Gasteiger partial charge in [-0.05, 0) is 44.2 Å². The third-order valence-electron chi connectivity index (χ3n) is 3.79. The highest BCUT2D eigenvalue weighted by Crippen LogP contribution is 2.36. The summed E-state index contributed by atoms with van der Waals surface area (Å²) >= 11 is 0. The number of nitrogens with two attached hydrogens (primary N) is 2. The van der Waals surface area contributed by atoms with E-state index in [4.69, 9.17) is 11.5 Å². The van der Waals surface area contributed by atoms with E-state index in [-0.39, 0.29) is 17.1 Å². The Bertz CT molecular complexity index is 1080. The molecule has 0 aliphatic heterocycles. The van der Waals surface area contributed by atoms with Crippen LogP contribution in [0.25, 0.3) is 16.9 Å². The van der Waals surface area contributed by atoms with Gasteiger partial charge in [-0.3, -0.25) is 4.79 Å². The van der Waals surface area contributed by atoms with E-state index in [2.05, 4.69) is 15.4 Å². The van der Waals surface area contributed by atoms with Gasteiger partial charge in [0, 0.05) is 11.3 Å². The summed E-state index contributed by atoms with van der Waals surface area (Å²) in [5.41, 5.74) is 12.2. The Kier molecular flexibility index (Phi) is 7.18. The van der Waals surface area contributed by atoms with Crippen molar-refractivity contribution >= 4 is 12.1 Å². The third-order valence-corrected chi connectivity index (χ3v) is 3.79. The summed E-state index contributed by atoms with van der Waals surface area (Å²) in [6.45, 7) is 3.52. The molecule has 0 spiro atoms.